The van der Waals surface area contributed by atoms with Gasteiger partial charge in [0.15, 0.2) is 0 Å². The summed E-state index contributed by atoms with van der Waals surface area (Å²) in [6, 6.07) is 14.3. The number of carbonyl (C=O) groups excluding carboxylic acids is 2. The van der Waals surface area contributed by atoms with Gasteiger partial charge in [-0.05, 0) is 29.8 Å². The average Bonchev–Trinajstić information content (AvgIpc) is 3.03. The maximum Gasteiger partial charge on any atom is 0.337 e. The van der Waals surface area contributed by atoms with Gasteiger partial charge in [0.2, 0.25) is 5.91 Å². The lowest BCUT2D eigenvalue weighted by Crippen LogP contribution is -2.27. The summed E-state index contributed by atoms with van der Waals surface area (Å²) >= 11 is 0. The van der Waals surface area contributed by atoms with E-state index in [4.69, 9.17) is 0 Å². The van der Waals surface area contributed by atoms with Crippen LogP contribution < -0.4 is 5.32 Å². The molecule has 122 valence electrons. The summed E-state index contributed by atoms with van der Waals surface area (Å²) in [5, 5.41) is 10.8. The molecule has 3 aromatic rings. The first-order chi connectivity index (χ1) is 11.7. The average molecular weight is 324 g/mol. The first-order valence-electron chi connectivity index (χ1n) is 7.39. The lowest BCUT2D eigenvalue weighted by Gasteiger charge is -2.06. The molecule has 0 saturated heterocycles. The van der Waals surface area contributed by atoms with Crippen molar-refractivity contribution in [2.75, 3.05) is 7.11 Å². The molecule has 1 heterocycles. The fraction of sp³-hybridized carbons (Fsp3) is 0.176. The van der Waals surface area contributed by atoms with Crippen LogP contribution in [0.1, 0.15) is 15.9 Å². The van der Waals surface area contributed by atoms with Crippen molar-refractivity contribution < 1.29 is 14.3 Å². The molecule has 0 radical (unpaired) electrons. The molecule has 1 amide bonds. The van der Waals surface area contributed by atoms with Gasteiger partial charge in [-0.15, -0.1) is 5.10 Å². The Hall–Kier alpha value is -3.22. The fourth-order valence-corrected chi connectivity index (χ4v) is 2.30. The molecule has 0 atom stereocenters. The minimum absolute atomic E-state index is 0.0980. The van der Waals surface area contributed by atoms with E-state index in [0.29, 0.717) is 12.1 Å². The predicted octanol–water partition coefficient (Wildman–Crippen LogP) is 1.53. The van der Waals surface area contributed by atoms with Crippen LogP contribution in [0.25, 0.3) is 11.0 Å². The molecule has 0 spiro atoms. The number of hydrogen-bond acceptors (Lipinski definition) is 5. The molecule has 7 nitrogen and oxygen atoms in total. The van der Waals surface area contributed by atoms with Gasteiger partial charge in [0.1, 0.15) is 12.1 Å². The first-order valence-corrected chi connectivity index (χ1v) is 7.39. The van der Waals surface area contributed by atoms with Crippen molar-refractivity contribution in [2.45, 2.75) is 13.1 Å². The van der Waals surface area contributed by atoms with Crippen LogP contribution in [0.3, 0.4) is 0 Å². The summed E-state index contributed by atoms with van der Waals surface area (Å²) in [5.74, 6) is -0.550. The Bertz CT molecular complexity index is 871. The van der Waals surface area contributed by atoms with E-state index in [2.05, 4.69) is 20.4 Å². The minimum Gasteiger partial charge on any atom is -0.465 e. The van der Waals surface area contributed by atoms with E-state index in [1.165, 1.54) is 7.11 Å². The van der Waals surface area contributed by atoms with Crippen LogP contribution in [0.5, 0.6) is 0 Å². The Morgan fingerprint density at radius 3 is 2.62 bits per heavy atom. The lowest BCUT2D eigenvalue weighted by molar-refractivity contribution is -0.121. The Kier molecular flexibility index (Phi) is 4.51. The largest absolute Gasteiger partial charge is 0.465 e. The van der Waals surface area contributed by atoms with Crippen molar-refractivity contribution in [1.29, 1.82) is 0 Å². The van der Waals surface area contributed by atoms with Crippen LogP contribution in [0.2, 0.25) is 0 Å². The third-order valence-electron chi connectivity index (χ3n) is 3.58. The lowest BCUT2D eigenvalue weighted by atomic mass is 10.1. The van der Waals surface area contributed by atoms with Gasteiger partial charge in [0.25, 0.3) is 0 Å². The highest BCUT2D eigenvalue weighted by Gasteiger charge is 2.09. The zero-order valence-electron chi connectivity index (χ0n) is 13.1. The van der Waals surface area contributed by atoms with E-state index in [1.807, 2.05) is 24.3 Å². The van der Waals surface area contributed by atoms with Gasteiger partial charge in [-0.2, -0.15) is 0 Å². The number of fused-ring (bicyclic) bond motifs is 1. The van der Waals surface area contributed by atoms with E-state index >= 15 is 0 Å². The number of carbonyl (C=O) groups is 2. The molecule has 3 rings (SSSR count). The molecule has 0 fully saturated rings. The zero-order valence-corrected chi connectivity index (χ0v) is 13.1. The van der Waals surface area contributed by atoms with E-state index in [0.717, 1.165) is 16.6 Å². The van der Waals surface area contributed by atoms with Crippen molar-refractivity contribution in [1.82, 2.24) is 20.3 Å². The molecule has 0 aliphatic heterocycles. The third-order valence-corrected chi connectivity index (χ3v) is 3.58. The predicted molar refractivity (Wildman–Crippen MR) is 87.2 cm³/mol. The molecule has 24 heavy (non-hydrogen) atoms. The van der Waals surface area contributed by atoms with Crippen molar-refractivity contribution >= 4 is 22.9 Å². The number of methoxy groups -OCH3 is 1. The summed E-state index contributed by atoms with van der Waals surface area (Å²) in [6.45, 7) is 0.466. The zero-order chi connectivity index (χ0) is 16.9. The number of hydrogen-bond donors (Lipinski definition) is 1. The van der Waals surface area contributed by atoms with Gasteiger partial charge in [-0.25, -0.2) is 9.48 Å². The molecule has 2 aromatic carbocycles. The Labute approximate surface area is 138 Å². The summed E-state index contributed by atoms with van der Waals surface area (Å²) in [4.78, 5) is 23.4. The fourth-order valence-electron chi connectivity index (χ4n) is 2.30. The molecule has 0 unspecified atom stereocenters. The number of para-hydroxylation sites is 1. The van der Waals surface area contributed by atoms with Crippen LogP contribution in [0.4, 0.5) is 0 Å². The Balaban J connectivity index is 1.58. The van der Waals surface area contributed by atoms with Gasteiger partial charge in [-0.3, -0.25) is 4.79 Å². The van der Waals surface area contributed by atoms with Crippen LogP contribution in [-0.4, -0.2) is 34.0 Å². The molecule has 1 aromatic heterocycles. The maximum atomic E-state index is 12.1. The Morgan fingerprint density at radius 1 is 1.12 bits per heavy atom. The highest BCUT2D eigenvalue weighted by Crippen LogP contribution is 2.09. The summed E-state index contributed by atoms with van der Waals surface area (Å²) in [5.41, 5.74) is 2.93. The minimum atomic E-state index is -0.386. The second-order valence-corrected chi connectivity index (χ2v) is 5.20. The van der Waals surface area contributed by atoms with Gasteiger partial charge in [-0.1, -0.05) is 29.5 Å². The van der Waals surface area contributed by atoms with E-state index in [9.17, 15) is 9.59 Å². The number of rotatable bonds is 5. The summed E-state index contributed by atoms with van der Waals surface area (Å²) in [7, 11) is 1.34. The van der Waals surface area contributed by atoms with E-state index in [-0.39, 0.29) is 18.4 Å². The van der Waals surface area contributed by atoms with Gasteiger partial charge < -0.3 is 10.1 Å². The summed E-state index contributed by atoms with van der Waals surface area (Å²) < 4.78 is 6.20. The number of aromatic nitrogens is 3. The topological polar surface area (TPSA) is 86.1 Å². The SMILES string of the molecule is COC(=O)c1ccc(CNC(=O)Cn2nnc3ccccc32)cc1. The first kappa shape index (κ1) is 15.7. The molecular weight excluding hydrogens is 308 g/mol. The van der Waals surface area contributed by atoms with Crippen LogP contribution >= 0.6 is 0 Å². The van der Waals surface area contributed by atoms with Crippen LogP contribution in [0, 0.1) is 0 Å². The number of esters is 1. The highest BCUT2D eigenvalue weighted by atomic mass is 16.5. The molecule has 1 N–H and O–H groups in total. The highest BCUT2D eigenvalue weighted by molar-refractivity contribution is 5.89. The quantitative estimate of drug-likeness (QED) is 0.719. The standard InChI is InChI=1S/C17H16N4O3/c1-24-17(23)13-8-6-12(7-9-13)10-18-16(22)11-21-15-5-3-2-4-14(15)19-20-21/h2-9H,10-11H2,1H3,(H,18,22). The molecule has 0 aliphatic rings. The van der Waals surface area contributed by atoms with Crippen molar-refractivity contribution in [3.05, 3.63) is 59.7 Å². The summed E-state index contributed by atoms with van der Waals surface area (Å²) in [6.07, 6.45) is 0. The van der Waals surface area contributed by atoms with Gasteiger partial charge >= 0.3 is 5.97 Å². The maximum absolute atomic E-state index is 12.1. The second kappa shape index (κ2) is 6.91. The van der Waals surface area contributed by atoms with E-state index < -0.39 is 0 Å². The Morgan fingerprint density at radius 2 is 1.88 bits per heavy atom. The van der Waals surface area contributed by atoms with Crippen molar-refractivity contribution in [3.8, 4) is 0 Å². The smallest absolute Gasteiger partial charge is 0.337 e. The van der Waals surface area contributed by atoms with Gasteiger partial charge in [0, 0.05) is 6.54 Å². The molecular formula is C17H16N4O3. The van der Waals surface area contributed by atoms with Crippen molar-refractivity contribution in [2.24, 2.45) is 0 Å². The molecule has 7 heteroatoms. The number of benzene rings is 2. The number of amides is 1. The number of nitrogens with one attached hydrogen (secondary N) is 1. The van der Waals surface area contributed by atoms with E-state index in [1.54, 1.807) is 28.9 Å². The van der Waals surface area contributed by atoms with Gasteiger partial charge in [0.05, 0.1) is 18.2 Å². The normalized spacial score (nSPS) is 10.5. The van der Waals surface area contributed by atoms with Crippen LogP contribution in [0.15, 0.2) is 48.5 Å². The third kappa shape index (κ3) is 3.40. The second-order valence-electron chi connectivity index (χ2n) is 5.20. The molecule has 0 saturated carbocycles. The number of nitrogens with zero attached hydrogens (tertiary/aromatic N) is 3. The molecule has 0 bridgehead atoms. The number of ether oxygens (including phenoxy) is 1. The van der Waals surface area contributed by atoms with Crippen molar-refractivity contribution in [3.63, 3.8) is 0 Å². The monoisotopic (exact) mass is 324 g/mol. The van der Waals surface area contributed by atoms with Crippen LogP contribution in [-0.2, 0) is 22.6 Å². The molecule has 0 aliphatic carbocycles.